The number of halogens is 3. The van der Waals surface area contributed by atoms with Gasteiger partial charge < -0.3 is 5.11 Å². The molecule has 0 aliphatic carbocycles. The minimum atomic E-state index is -4.48. The Bertz CT molecular complexity index is 603. The van der Waals surface area contributed by atoms with Crippen molar-refractivity contribution < 1.29 is 18.3 Å². The summed E-state index contributed by atoms with van der Waals surface area (Å²) in [6, 6.07) is 12.3. The monoisotopic (exact) mass is 278 g/mol. The van der Waals surface area contributed by atoms with Gasteiger partial charge in [-0.1, -0.05) is 55.1 Å². The van der Waals surface area contributed by atoms with Gasteiger partial charge in [-0.15, -0.1) is 0 Å². The maximum atomic E-state index is 13.0. The van der Waals surface area contributed by atoms with E-state index in [0.29, 0.717) is 5.56 Å². The molecule has 104 valence electrons. The predicted octanol–water partition coefficient (Wildman–Crippen LogP) is 4.43. The van der Waals surface area contributed by atoms with Gasteiger partial charge >= 0.3 is 6.18 Å². The summed E-state index contributed by atoms with van der Waals surface area (Å²) < 4.78 is 38.9. The van der Waals surface area contributed by atoms with Crippen LogP contribution in [0.4, 0.5) is 13.2 Å². The van der Waals surface area contributed by atoms with Gasteiger partial charge in [0.05, 0.1) is 5.56 Å². The highest BCUT2D eigenvalue weighted by Crippen LogP contribution is 2.36. The zero-order chi connectivity index (χ0) is 14.8. The van der Waals surface area contributed by atoms with Gasteiger partial charge in [-0.05, 0) is 22.8 Å². The van der Waals surface area contributed by atoms with E-state index in [2.05, 4.69) is 6.58 Å². The molecule has 2 aromatic rings. The standard InChI is InChI=1S/C16H13F3O/c1-2-12-13(9-6-10-14(12)16(17,18)19)15(20)11-7-4-3-5-8-11/h2-10,15,20H,1H2. The van der Waals surface area contributed by atoms with Gasteiger partial charge in [-0.2, -0.15) is 13.2 Å². The van der Waals surface area contributed by atoms with E-state index in [9.17, 15) is 18.3 Å². The minimum absolute atomic E-state index is 0.0867. The van der Waals surface area contributed by atoms with Crippen LogP contribution in [0, 0.1) is 0 Å². The van der Waals surface area contributed by atoms with Crippen molar-refractivity contribution in [2.75, 3.05) is 0 Å². The first-order valence-electron chi connectivity index (χ1n) is 6.00. The Morgan fingerprint density at radius 1 is 1.00 bits per heavy atom. The zero-order valence-electron chi connectivity index (χ0n) is 10.6. The second-order valence-electron chi connectivity index (χ2n) is 4.32. The molecule has 0 saturated heterocycles. The van der Waals surface area contributed by atoms with Gasteiger partial charge in [0.15, 0.2) is 0 Å². The summed E-state index contributed by atoms with van der Waals surface area (Å²) in [6.07, 6.45) is -4.47. The molecule has 0 spiro atoms. The average molecular weight is 278 g/mol. The summed E-state index contributed by atoms with van der Waals surface area (Å²) in [6.45, 7) is 3.43. The number of aliphatic hydroxyl groups excluding tert-OH is 1. The molecule has 1 unspecified atom stereocenters. The minimum Gasteiger partial charge on any atom is -0.384 e. The van der Waals surface area contributed by atoms with E-state index in [1.807, 2.05) is 0 Å². The van der Waals surface area contributed by atoms with Crippen LogP contribution in [0.25, 0.3) is 6.08 Å². The number of aliphatic hydroxyl groups is 1. The van der Waals surface area contributed by atoms with Gasteiger partial charge in [-0.25, -0.2) is 0 Å². The highest BCUT2D eigenvalue weighted by molar-refractivity contribution is 5.59. The summed E-state index contributed by atoms with van der Waals surface area (Å²) in [4.78, 5) is 0. The number of alkyl halides is 3. The Labute approximate surface area is 115 Å². The summed E-state index contributed by atoms with van der Waals surface area (Å²) in [5, 5.41) is 10.3. The van der Waals surface area contributed by atoms with Crippen LogP contribution in [0.2, 0.25) is 0 Å². The normalized spacial score (nSPS) is 13.0. The van der Waals surface area contributed by atoms with Crippen molar-refractivity contribution in [3.63, 3.8) is 0 Å². The third-order valence-corrected chi connectivity index (χ3v) is 3.06. The summed E-state index contributed by atoms with van der Waals surface area (Å²) >= 11 is 0. The molecule has 0 saturated carbocycles. The Kier molecular flexibility index (Phi) is 3.95. The molecule has 1 N–H and O–H groups in total. The first-order chi connectivity index (χ1) is 9.45. The second kappa shape index (κ2) is 5.51. The molecule has 0 aliphatic rings. The fourth-order valence-electron chi connectivity index (χ4n) is 2.11. The summed E-state index contributed by atoms with van der Waals surface area (Å²) in [7, 11) is 0. The smallest absolute Gasteiger partial charge is 0.384 e. The van der Waals surface area contributed by atoms with Crippen molar-refractivity contribution in [3.05, 3.63) is 77.4 Å². The van der Waals surface area contributed by atoms with Crippen LogP contribution in [0.15, 0.2) is 55.1 Å². The average Bonchev–Trinajstić information content (AvgIpc) is 2.45. The molecule has 0 bridgehead atoms. The van der Waals surface area contributed by atoms with E-state index in [-0.39, 0.29) is 11.1 Å². The van der Waals surface area contributed by atoms with Crippen LogP contribution >= 0.6 is 0 Å². The fraction of sp³-hybridized carbons (Fsp3) is 0.125. The summed E-state index contributed by atoms with van der Waals surface area (Å²) in [5.41, 5.74) is -0.146. The Hall–Kier alpha value is -2.07. The predicted molar refractivity (Wildman–Crippen MR) is 72.0 cm³/mol. The van der Waals surface area contributed by atoms with Crippen LogP contribution in [0.5, 0.6) is 0 Å². The fourth-order valence-corrected chi connectivity index (χ4v) is 2.11. The molecule has 1 atom stereocenters. The highest BCUT2D eigenvalue weighted by atomic mass is 19.4. The third kappa shape index (κ3) is 2.75. The van der Waals surface area contributed by atoms with Crippen LogP contribution in [0.3, 0.4) is 0 Å². The molecule has 4 heteroatoms. The largest absolute Gasteiger partial charge is 0.416 e. The lowest BCUT2D eigenvalue weighted by Crippen LogP contribution is -2.11. The Morgan fingerprint density at radius 2 is 1.65 bits per heavy atom. The quantitative estimate of drug-likeness (QED) is 0.880. The maximum absolute atomic E-state index is 13.0. The van der Waals surface area contributed by atoms with E-state index >= 15 is 0 Å². The van der Waals surface area contributed by atoms with Crippen LogP contribution in [-0.4, -0.2) is 5.11 Å². The van der Waals surface area contributed by atoms with E-state index in [1.165, 1.54) is 12.1 Å². The lowest BCUT2D eigenvalue weighted by Gasteiger charge is -2.18. The molecule has 2 aromatic carbocycles. The summed E-state index contributed by atoms with van der Waals surface area (Å²) in [5.74, 6) is 0. The van der Waals surface area contributed by atoms with E-state index in [0.717, 1.165) is 12.1 Å². The van der Waals surface area contributed by atoms with Gasteiger partial charge in [0.25, 0.3) is 0 Å². The topological polar surface area (TPSA) is 20.2 Å². The van der Waals surface area contributed by atoms with Crippen molar-refractivity contribution in [2.24, 2.45) is 0 Å². The molecular weight excluding hydrogens is 265 g/mol. The maximum Gasteiger partial charge on any atom is 0.416 e. The van der Waals surface area contributed by atoms with Crippen LogP contribution in [0.1, 0.15) is 28.4 Å². The van der Waals surface area contributed by atoms with Crippen molar-refractivity contribution in [1.29, 1.82) is 0 Å². The molecular formula is C16H13F3O. The lowest BCUT2D eigenvalue weighted by molar-refractivity contribution is -0.137. The number of hydrogen-bond donors (Lipinski definition) is 1. The molecule has 1 nitrogen and oxygen atoms in total. The van der Waals surface area contributed by atoms with Gasteiger partial charge in [0.1, 0.15) is 6.10 Å². The molecule has 0 aromatic heterocycles. The van der Waals surface area contributed by atoms with E-state index in [1.54, 1.807) is 30.3 Å². The van der Waals surface area contributed by atoms with Crippen LogP contribution < -0.4 is 0 Å². The SMILES string of the molecule is C=Cc1c(C(O)c2ccccc2)cccc1C(F)(F)F. The molecule has 20 heavy (non-hydrogen) atoms. The Balaban J connectivity index is 2.55. The molecule has 2 rings (SSSR count). The zero-order valence-corrected chi connectivity index (χ0v) is 10.6. The molecule has 0 heterocycles. The van der Waals surface area contributed by atoms with E-state index in [4.69, 9.17) is 0 Å². The lowest BCUT2D eigenvalue weighted by atomic mass is 9.93. The number of hydrogen-bond acceptors (Lipinski definition) is 1. The molecule has 0 fully saturated rings. The molecule has 0 aliphatic heterocycles. The Morgan fingerprint density at radius 3 is 2.20 bits per heavy atom. The van der Waals surface area contributed by atoms with Crippen molar-refractivity contribution >= 4 is 6.08 Å². The van der Waals surface area contributed by atoms with E-state index < -0.39 is 17.8 Å². The number of benzene rings is 2. The van der Waals surface area contributed by atoms with Gasteiger partial charge in [-0.3, -0.25) is 0 Å². The third-order valence-electron chi connectivity index (χ3n) is 3.06. The van der Waals surface area contributed by atoms with Crippen molar-refractivity contribution in [1.82, 2.24) is 0 Å². The number of rotatable bonds is 3. The first-order valence-corrected chi connectivity index (χ1v) is 6.00. The first kappa shape index (κ1) is 14.3. The van der Waals surface area contributed by atoms with Crippen molar-refractivity contribution in [2.45, 2.75) is 12.3 Å². The van der Waals surface area contributed by atoms with Crippen molar-refractivity contribution in [3.8, 4) is 0 Å². The molecule has 0 radical (unpaired) electrons. The van der Waals surface area contributed by atoms with Gasteiger partial charge in [0.2, 0.25) is 0 Å². The second-order valence-corrected chi connectivity index (χ2v) is 4.32. The van der Waals surface area contributed by atoms with Gasteiger partial charge in [0, 0.05) is 0 Å². The highest BCUT2D eigenvalue weighted by Gasteiger charge is 2.34. The molecule has 0 amide bonds. The van der Waals surface area contributed by atoms with Crippen LogP contribution in [-0.2, 0) is 6.18 Å².